The van der Waals surface area contributed by atoms with Crippen LogP contribution in [0.3, 0.4) is 0 Å². The van der Waals surface area contributed by atoms with Gasteiger partial charge in [-0.3, -0.25) is 0 Å². The minimum atomic E-state index is -3.52. The van der Waals surface area contributed by atoms with Crippen molar-refractivity contribution in [1.82, 2.24) is 4.31 Å². The molecule has 0 fully saturated rings. The maximum absolute atomic E-state index is 12.5. The van der Waals surface area contributed by atoms with E-state index in [2.05, 4.69) is 0 Å². The van der Waals surface area contributed by atoms with Crippen LogP contribution in [0.4, 0.5) is 0 Å². The zero-order valence-corrected chi connectivity index (χ0v) is 11.9. The van der Waals surface area contributed by atoms with Gasteiger partial charge in [-0.05, 0) is 38.0 Å². The van der Waals surface area contributed by atoms with Crippen LogP contribution < -0.4 is 0 Å². The summed E-state index contributed by atoms with van der Waals surface area (Å²) in [5.74, 6) is 0. The van der Waals surface area contributed by atoms with Gasteiger partial charge in [-0.1, -0.05) is 19.1 Å². The molecule has 0 aliphatic heterocycles. The topological polar surface area (TPSA) is 57.6 Å². The van der Waals surface area contributed by atoms with Gasteiger partial charge in [0.25, 0.3) is 0 Å². The van der Waals surface area contributed by atoms with Gasteiger partial charge >= 0.3 is 0 Å². The molecule has 0 heterocycles. The Labute approximate surface area is 109 Å². The molecule has 18 heavy (non-hydrogen) atoms. The first kappa shape index (κ1) is 15.1. The van der Waals surface area contributed by atoms with Crippen molar-refractivity contribution in [2.45, 2.75) is 38.1 Å². The molecule has 0 radical (unpaired) electrons. The first-order valence-corrected chi connectivity index (χ1v) is 7.56. The van der Waals surface area contributed by atoms with E-state index in [9.17, 15) is 8.42 Å². The van der Waals surface area contributed by atoms with Crippen molar-refractivity contribution in [1.29, 1.82) is 0 Å². The second kappa shape index (κ2) is 6.31. The third-order valence-electron chi connectivity index (χ3n) is 3.00. The third kappa shape index (κ3) is 3.31. The predicted molar refractivity (Wildman–Crippen MR) is 71.9 cm³/mol. The molecule has 4 nitrogen and oxygen atoms in total. The summed E-state index contributed by atoms with van der Waals surface area (Å²) in [6.45, 7) is 5.60. The SMILES string of the molecule is CCC(C)N(CCO)S(=O)(=O)c1cccc(C)c1. The van der Waals surface area contributed by atoms with Crippen LogP contribution in [0.15, 0.2) is 29.2 Å². The molecule has 1 N–H and O–H groups in total. The first-order valence-electron chi connectivity index (χ1n) is 6.12. The number of hydrogen-bond donors (Lipinski definition) is 1. The van der Waals surface area contributed by atoms with E-state index in [0.29, 0.717) is 6.42 Å². The van der Waals surface area contributed by atoms with Crippen LogP contribution in [-0.2, 0) is 10.0 Å². The third-order valence-corrected chi connectivity index (χ3v) is 5.01. The molecule has 102 valence electrons. The van der Waals surface area contributed by atoms with Crippen molar-refractivity contribution < 1.29 is 13.5 Å². The number of hydrogen-bond acceptors (Lipinski definition) is 3. The first-order chi connectivity index (χ1) is 8.43. The molecule has 0 saturated heterocycles. The van der Waals surface area contributed by atoms with E-state index < -0.39 is 10.0 Å². The molecule has 0 aliphatic rings. The standard InChI is InChI=1S/C13H21NO3S/c1-4-12(3)14(8-9-15)18(16,17)13-7-5-6-11(2)10-13/h5-7,10,12,15H,4,8-9H2,1-3H3. The smallest absolute Gasteiger partial charge is 0.243 e. The highest BCUT2D eigenvalue weighted by Crippen LogP contribution is 2.20. The second-order valence-corrected chi connectivity index (χ2v) is 6.30. The lowest BCUT2D eigenvalue weighted by atomic mass is 10.2. The molecule has 0 spiro atoms. The Hall–Kier alpha value is -0.910. The summed E-state index contributed by atoms with van der Waals surface area (Å²) >= 11 is 0. The van der Waals surface area contributed by atoms with Crippen molar-refractivity contribution in [2.24, 2.45) is 0 Å². The summed E-state index contributed by atoms with van der Waals surface area (Å²) in [5, 5.41) is 9.04. The van der Waals surface area contributed by atoms with Crippen LogP contribution in [0, 0.1) is 6.92 Å². The van der Waals surface area contributed by atoms with Crippen LogP contribution in [0.2, 0.25) is 0 Å². The number of benzene rings is 1. The Morgan fingerprint density at radius 1 is 1.39 bits per heavy atom. The summed E-state index contributed by atoms with van der Waals surface area (Å²) < 4.78 is 26.3. The van der Waals surface area contributed by atoms with Gasteiger partial charge in [-0.15, -0.1) is 0 Å². The number of nitrogens with zero attached hydrogens (tertiary/aromatic N) is 1. The maximum atomic E-state index is 12.5. The zero-order valence-electron chi connectivity index (χ0n) is 11.1. The minimum absolute atomic E-state index is 0.123. The van der Waals surface area contributed by atoms with Crippen molar-refractivity contribution >= 4 is 10.0 Å². The van der Waals surface area contributed by atoms with Crippen LogP contribution in [0.25, 0.3) is 0 Å². The summed E-state index contributed by atoms with van der Waals surface area (Å²) in [6, 6.07) is 6.72. The molecular weight excluding hydrogens is 250 g/mol. The Kier molecular flexibility index (Phi) is 5.31. The molecule has 1 atom stereocenters. The van der Waals surface area contributed by atoms with E-state index in [1.54, 1.807) is 18.2 Å². The Morgan fingerprint density at radius 3 is 2.56 bits per heavy atom. The van der Waals surface area contributed by atoms with Gasteiger partial charge in [0.05, 0.1) is 11.5 Å². The molecule has 0 aromatic heterocycles. The molecule has 0 saturated carbocycles. The lowest BCUT2D eigenvalue weighted by Crippen LogP contribution is -2.40. The molecule has 0 amide bonds. The average molecular weight is 271 g/mol. The summed E-state index contributed by atoms with van der Waals surface area (Å²) in [5.41, 5.74) is 0.907. The van der Waals surface area contributed by atoms with Crippen molar-refractivity contribution in [2.75, 3.05) is 13.2 Å². The number of aliphatic hydroxyl groups excluding tert-OH is 1. The summed E-state index contributed by atoms with van der Waals surface area (Å²) in [6.07, 6.45) is 0.713. The van der Waals surface area contributed by atoms with Gasteiger partial charge < -0.3 is 5.11 Å². The lowest BCUT2D eigenvalue weighted by Gasteiger charge is -2.27. The van der Waals surface area contributed by atoms with Crippen LogP contribution >= 0.6 is 0 Å². The van der Waals surface area contributed by atoms with E-state index in [1.807, 2.05) is 26.8 Å². The van der Waals surface area contributed by atoms with E-state index >= 15 is 0 Å². The largest absolute Gasteiger partial charge is 0.395 e. The highest BCUT2D eigenvalue weighted by atomic mass is 32.2. The minimum Gasteiger partial charge on any atom is -0.395 e. The van der Waals surface area contributed by atoms with Gasteiger partial charge in [-0.2, -0.15) is 4.31 Å². The molecule has 0 aliphatic carbocycles. The van der Waals surface area contributed by atoms with Crippen molar-refractivity contribution in [3.63, 3.8) is 0 Å². The maximum Gasteiger partial charge on any atom is 0.243 e. The highest BCUT2D eigenvalue weighted by molar-refractivity contribution is 7.89. The van der Waals surface area contributed by atoms with Crippen molar-refractivity contribution in [3.8, 4) is 0 Å². The fourth-order valence-electron chi connectivity index (χ4n) is 1.79. The van der Waals surface area contributed by atoms with Gasteiger partial charge in [0.15, 0.2) is 0 Å². The molecule has 1 aromatic rings. The van der Waals surface area contributed by atoms with Crippen LogP contribution in [-0.4, -0.2) is 37.0 Å². The molecule has 1 unspecified atom stereocenters. The molecule has 1 rings (SSSR count). The van der Waals surface area contributed by atoms with Gasteiger partial charge in [-0.25, -0.2) is 8.42 Å². The van der Waals surface area contributed by atoms with E-state index in [0.717, 1.165) is 5.56 Å². The van der Waals surface area contributed by atoms with Crippen LogP contribution in [0.1, 0.15) is 25.8 Å². The van der Waals surface area contributed by atoms with E-state index in [1.165, 1.54) is 4.31 Å². The Morgan fingerprint density at radius 2 is 2.06 bits per heavy atom. The molecular formula is C13H21NO3S. The summed E-state index contributed by atoms with van der Waals surface area (Å²) in [7, 11) is -3.52. The molecule has 0 bridgehead atoms. The number of rotatable bonds is 6. The van der Waals surface area contributed by atoms with Gasteiger partial charge in [0.1, 0.15) is 0 Å². The lowest BCUT2D eigenvalue weighted by molar-refractivity contribution is 0.229. The summed E-state index contributed by atoms with van der Waals surface area (Å²) in [4.78, 5) is 0.288. The number of aliphatic hydroxyl groups is 1. The fourth-order valence-corrected chi connectivity index (χ4v) is 3.59. The zero-order chi connectivity index (χ0) is 13.8. The van der Waals surface area contributed by atoms with Crippen LogP contribution in [0.5, 0.6) is 0 Å². The fraction of sp³-hybridized carbons (Fsp3) is 0.538. The second-order valence-electron chi connectivity index (χ2n) is 4.41. The quantitative estimate of drug-likeness (QED) is 0.858. The Balaban J connectivity index is 3.16. The Bertz CT molecular complexity index is 485. The van der Waals surface area contributed by atoms with E-state index in [4.69, 9.17) is 5.11 Å². The average Bonchev–Trinajstić information content (AvgIpc) is 2.35. The number of aryl methyl sites for hydroxylation is 1. The predicted octanol–water partition coefficient (Wildman–Crippen LogP) is 1.78. The monoisotopic (exact) mass is 271 g/mol. The van der Waals surface area contributed by atoms with Gasteiger partial charge in [0, 0.05) is 12.6 Å². The number of sulfonamides is 1. The molecule has 1 aromatic carbocycles. The van der Waals surface area contributed by atoms with Gasteiger partial charge in [0.2, 0.25) is 10.0 Å². The molecule has 5 heteroatoms. The highest BCUT2D eigenvalue weighted by Gasteiger charge is 2.27. The van der Waals surface area contributed by atoms with E-state index in [-0.39, 0.29) is 24.1 Å². The normalized spacial score (nSPS) is 13.8. The van der Waals surface area contributed by atoms with Crippen molar-refractivity contribution in [3.05, 3.63) is 29.8 Å².